The van der Waals surface area contributed by atoms with Crippen LogP contribution in [-0.2, 0) is 0 Å². The van der Waals surface area contributed by atoms with Crippen LogP contribution in [0.15, 0.2) is 0 Å². The van der Waals surface area contributed by atoms with Gasteiger partial charge >= 0.3 is 0 Å². The van der Waals surface area contributed by atoms with Crippen molar-refractivity contribution in [3.8, 4) is 0 Å². The van der Waals surface area contributed by atoms with Gasteiger partial charge in [-0.05, 0) is 0 Å². The highest BCUT2D eigenvalue weighted by atomic mass is 127. The zero-order chi connectivity index (χ0) is 3.58. The molecule has 0 bridgehead atoms. The summed E-state index contributed by atoms with van der Waals surface area (Å²) in [4.78, 5) is 9.10. The topological polar surface area (TPSA) is 40.9 Å². The van der Waals surface area contributed by atoms with Gasteiger partial charge in [0.1, 0.15) is 0 Å². The Bertz CT molecular complexity index is 31.0. The lowest BCUT2D eigenvalue weighted by Gasteiger charge is -1.53. The highest BCUT2D eigenvalue weighted by Gasteiger charge is 1.68. The van der Waals surface area contributed by atoms with Gasteiger partial charge < -0.3 is 0 Å². The quantitative estimate of drug-likeness (QED) is 0.301. The van der Waals surface area contributed by atoms with E-state index < -0.39 is 3.91 Å². The van der Waals surface area contributed by atoms with Crippen LogP contribution in [0.25, 0.3) is 0 Å². The van der Waals surface area contributed by atoms with Gasteiger partial charge in [0.25, 0.3) is 3.91 Å². The number of amides is 1. The Morgan fingerprint density at radius 2 is 2.00 bits per heavy atom. The van der Waals surface area contributed by atoms with Gasteiger partial charge in [0.05, 0.1) is 0 Å². The van der Waals surface area contributed by atoms with Crippen molar-refractivity contribution < 1.29 is 4.79 Å². The highest BCUT2D eigenvalue weighted by Crippen LogP contribution is 1.74. The van der Waals surface area contributed by atoms with E-state index in [2.05, 4.69) is 0 Å². The summed E-state index contributed by atoms with van der Waals surface area (Å²) >= 11 is 1.37. The number of halogens is 1. The fraction of sp³-hybridized carbons (Fsp3) is 0. The number of nitrogens with one attached hydrogen (secondary N) is 1. The van der Waals surface area contributed by atoms with Crippen LogP contribution in [0, 0.1) is 0 Å². The zero-order valence-electron chi connectivity index (χ0n) is 1.79. The molecular weight excluding hydrogens is 169 g/mol. The molecule has 23 valence electrons. The van der Waals surface area contributed by atoms with Crippen molar-refractivity contribution in [1.82, 2.24) is 5.73 Å². The minimum absolute atomic E-state index is 0.613. The van der Waals surface area contributed by atoms with Crippen LogP contribution >= 0.6 is 22.6 Å². The molecule has 0 fully saturated rings. The Morgan fingerprint density at radius 1 is 2.00 bits per heavy atom. The SMILES string of the molecule is [NH]C(=O)I. The summed E-state index contributed by atoms with van der Waals surface area (Å²) in [5.41, 5.74) is 5.93. The van der Waals surface area contributed by atoms with Crippen LogP contribution in [0.1, 0.15) is 0 Å². The summed E-state index contributed by atoms with van der Waals surface area (Å²) < 4.78 is -0.613. The Hall–Kier alpha value is 0.200. The van der Waals surface area contributed by atoms with Crippen LogP contribution in [0.2, 0.25) is 0 Å². The van der Waals surface area contributed by atoms with E-state index >= 15 is 0 Å². The summed E-state index contributed by atoms with van der Waals surface area (Å²) in [6, 6.07) is 0. The van der Waals surface area contributed by atoms with Gasteiger partial charge in [0.2, 0.25) is 0 Å². The molecule has 2 nitrogen and oxygen atoms in total. The van der Waals surface area contributed by atoms with E-state index in [-0.39, 0.29) is 0 Å². The van der Waals surface area contributed by atoms with Crippen LogP contribution in [0.4, 0.5) is 4.79 Å². The molecule has 0 unspecified atom stereocenters. The van der Waals surface area contributed by atoms with Gasteiger partial charge in [-0.25, -0.2) is 0 Å². The second-order valence-corrected chi connectivity index (χ2v) is 1.25. The van der Waals surface area contributed by atoms with Gasteiger partial charge in [-0.1, -0.05) is 0 Å². The first-order chi connectivity index (χ1) is 1.73. The molecule has 0 aliphatic carbocycles. The monoisotopic (exact) mass is 170 g/mol. The van der Waals surface area contributed by atoms with E-state index in [0.29, 0.717) is 0 Å². The molecule has 0 spiro atoms. The molecule has 0 aliphatic heterocycles. The van der Waals surface area contributed by atoms with Gasteiger partial charge in [0, 0.05) is 22.6 Å². The van der Waals surface area contributed by atoms with Gasteiger partial charge in [-0.15, -0.1) is 0 Å². The maximum atomic E-state index is 9.10. The Kier molecular flexibility index (Phi) is 1.59. The average Bonchev–Trinajstić information content (AvgIpc) is 0.811. The van der Waals surface area contributed by atoms with Crippen LogP contribution in [-0.4, -0.2) is 3.91 Å². The second kappa shape index (κ2) is 1.51. The molecule has 0 rings (SSSR count). The molecule has 3 heteroatoms. The minimum atomic E-state index is -0.613. The molecule has 1 N–H and O–H groups in total. The van der Waals surface area contributed by atoms with Crippen molar-refractivity contribution in [2.24, 2.45) is 0 Å². The van der Waals surface area contributed by atoms with E-state index in [9.17, 15) is 0 Å². The molecule has 0 heterocycles. The first-order valence-corrected chi connectivity index (χ1v) is 1.72. The Labute approximate surface area is 37.5 Å². The predicted molar refractivity (Wildman–Crippen MR) is 22.5 cm³/mol. The third kappa shape index (κ3) is 79.2. The largest absolute Gasteiger partial charge is 0.298 e. The third-order valence-corrected chi connectivity index (χ3v) is 0. The predicted octanol–water partition coefficient (Wildman–Crippen LogP) is 0.824. The summed E-state index contributed by atoms with van der Waals surface area (Å²) in [7, 11) is 0. The third-order valence-electron chi connectivity index (χ3n) is 0. The van der Waals surface area contributed by atoms with Gasteiger partial charge in [-0.2, -0.15) is 0 Å². The van der Waals surface area contributed by atoms with E-state index in [1.54, 1.807) is 0 Å². The van der Waals surface area contributed by atoms with Crippen molar-refractivity contribution in [1.29, 1.82) is 0 Å². The Balaban J connectivity index is 2.80. The number of carbonyl (C=O) groups excluding carboxylic acids is 1. The fourth-order valence-electron chi connectivity index (χ4n) is 0. The van der Waals surface area contributed by atoms with E-state index in [1.165, 1.54) is 22.6 Å². The van der Waals surface area contributed by atoms with Crippen LogP contribution in [0.5, 0.6) is 0 Å². The number of carbonyl (C=O) groups is 1. The molecular formula is CHINO. The van der Waals surface area contributed by atoms with Gasteiger partial charge in [-0.3, -0.25) is 10.5 Å². The molecule has 0 saturated heterocycles. The fourth-order valence-corrected chi connectivity index (χ4v) is 0. The molecule has 4 heavy (non-hydrogen) atoms. The van der Waals surface area contributed by atoms with Gasteiger partial charge in [0.15, 0.2) is 0 Å². The second-order valence-electron chi connectivity index (χ2n) is 0.274. The van der Waals surface area contributed by atoms with Crippen LogP contribution in [0.3, 0.4) is 0 Å². The van der Waals surface area contributed by atoms with E-state index in [0.717, 1.165) is 0 Å². The maximum absolute atomic E-state index is 9.10. The number of hydrogen-bond donors (Lipinski definition) is 0. The molecule has 0 aromatic carbocycles. The van der Waals surface area contributed by atoms with E-state index in [1.807, 2.05) is 0 Å². The van der Waals surface area contributed by atoms with E-state index in [4.69, 9.17) is 10.5 Å². The average molecular weight is 170 g/mol. The zero-order valence-corrected chi connectivity index (χ0v) is 3.94. The Morgan fingerprint density at radius 3 is 2.00 bits per heavy atom. The summed E-state index contributed by atoms with van der Waals surface area (Å²) in [5, 5.41) is 0. The highest BCUT2D eigenvalue weighted by molar-refractivity contribution is 14.1. The molecule has 1 amide bonds. The van der Waals surface area contributed by atoms with Crippen molar-refractivity contribution in [2.75, 3.05) is 0 Å². The smallest absolute Gasteiger partial charge is 0.261 e. The number of hydrogen-bond acceptors (Lipinski definition) is 1. The molecule has 0 saturated carbocycles. The molecule has 0 aromatic heterocycles. The summed E-state index contributed by atoms with van der Waals surface area (Å²) in [6.45, 7) is 0. The first-order valence-electron chi connectivity index (χ1n) is 0.643. The normalized spacial score (nSPS) is 6.25. The summed E-state index contributed by atoms with van der Waals surface area (Å²) in [5.74, 6) is 0. The first kappa shape index (κ1) is 4.20. The number of rotatable bonds is 0. The summed E-state index contributed by atoms with van der Waals surface area (Å²) in [6.07, 6.45) is 0. The van der Waals surface area contributed by atoms with Crippen molar-refractivity contribution in [3.63, 3.8) is 0 Å². The molecule has 1 radical (unpaired) electrons. The van der Waals surface area contributed by atoms with Crippen molar-refractivity contribution in [3.05, 3.63) is 0 Å². The molecule has 0 atom stereocenters. The standard InChI is InChI=1S/CHINO/c2-1(3)4/h3H. The van der Waals surface area contributed by atoms with Crippen molar-refractivity contribution in [2.45, 2.75) is 0 Å². The lowest BCUT2D eigenvalue weighted by Crippen LogP contribution is -1.71. The lowest BCUT2D eigenvalue weighted by molar-refractivity contribution is 0.268. The minimum Gasteiger partial charge on any atom is -0.261 e. The van der Waals surface area contributed by atoms with Crippen molar-refractivity contribution >= 4 is 26.5 Å². The maximum Gasteiger partial charge on any atom is 0.298 e. The van der Waals surface area contributed by atoms with Crippen LogP contribution < -0.4 is 5.73 Å². The molecule has 0 aromatic rings. The lowest BCUT2D eigenvalue weighted by atomic mass is 11.5. The molecule has 0 aliphatic rings.